The number of hydrogen-bond acceptors (Lipinski definition) is 3. The topological polar surface area (TPSA) is 38.8 Å². The Hall–Kier alpha value is -3.38. The van der Waals surface area contributed by atoms with Crippen LogP contribution in [0.2, 0.25) is 0 Å². The molecule has 35 heavy (non-hydrogen) atoms. The first kappa shape index (κ1) is 23.4. The number of esters is 1. The van der Waals surface area contributed by atoms with Crippen LogP contribution in [-0.2, 0) is 4.74 Å². The Morgan fingerprint density at radius 3 is 2.29 bits per heavy atom. The van der Waals surface area contributed by atoms with Gasteiger partial charge in [0.1, 0.15) is 6.10 Å². The first-order valence-corrected chi connectivity index (χ1v) is 11.8. The fraction of sp³-hybridized carbons (Fsp3) is 0.276. The molecule has 2 aliphatic rings. The third kappa shape index (κ3) is 4.89. The number of hydrogen-bond donors (Lipinski definition) is 0. The Kier molecular flexibility index (Phi) is 6.48. The van der Waals surface area contributed by atoms with Gasteiger partial charge in [-0.25, -0.2) is 18.0 Å². The summed E-state index contributed by atoms with van der Waals surface area (Å²) in [5.74, 6) is -2.86. The molecule has 0 spiro atoms. The number of epoxide rings is 1. The summed E-state index contributed by atoms with van der Waals surface area (Å²) in [4.78, 5) is 12.5. The largest absolute Gasteiger partial charge is 0.420 e. The molecule has 0 aromatic heterocycles. The Bertz CT molecular complexity index is 1260. The van der Waals surface area contributed by atoms with Gasteiger partial charge in [0, 0.05) is 5.56 Å². The summed E-state index contributed by atoms with van der Waals surface area (Å²) in [6, 6.07) is 13.5. The van der Waals surface area contributed by atoms with Crippen molar-refractivity contribution in [3.8, 4) is 16.9 Å². The SMILES string of the molecule is C=CC1CCC(c2ccc(-c3ccc(C(=O)Oc4ccc(C5CO5)cc4F)cc3)c(F)c2F)CC1. The number of rotatable bonds is 6. The minimum Gasteiger partial charge on any atom is -0.420 e. The molecule has 0 bridgehead atoms. The van der Waals surface area contributed by atoms with Crippen molar-refractivity contribution in [1.29, 1.82) is 0 Å². The van der Waals surface area contributed by atoms with Gasteiger partial charge in [-0.05, 0) is 78.5 Å². The molecule has 5 rings (SSSR count). The monoisotopic (exact) mass is 478 g/mol. The second-order valence-electron chi connectivity index (χ2n) is 9.16. The van der Waals surface area contributed by atoms with Gasteiger partial charge in [0.25, 0.3) is 0 Å². The van der Waals surface area contributed by atoms with E-state index in [1.54, 1.807) is 18.2 Å². The summed E-state index contributed by atoms with van der Waals surface area (Å²) in [7, 11) is 0. The van der Waals surface area contributed by atoms with Crippen LogP contribution in [0.25, 0.3) is 11.1 Å². The van der Waals surface area contributed by atoms with Crippen LogP contribution in [0.4, 0.5) is 13.2 Å². The summed E-state index contributed by atoms with van der Waals surface area (Å²) in [6.07, 6.45) is 5.30. The maximum Gasteiger partial charge on any atom is 0.343 e. The number of carbonyl (C=O) groups excluding carboxylic acids is 1. The highest BCUT2D eigenvalue weighted by molar-refractivity contribution is 5.91. The van der Waals surface area contributed by atoms with Crippen molar-refractivity contribution in [3.63, 3.8) is 0 Å². The molecule has 180 valence electrons. The lowest BCUT2D eigenvalue weighted by Gasteiger charge is -2.27. The number of ether oxygens (including phenoxy) is 2. The third-order valence-corrected chi connectivity index (χ3v) is 6.95. The molecule has 6 heteroatoms. The molecule has 1 heterocycles. The number of halogens is 3. The van der Waals surface area contributed by atoms with Gasteiger partial charge in [0.05, 0.1) is 12.2 Å². The molecule has 1 unspecified atom stereocenters. The van der Waals surface area contributed by atoms with E-state index in [1.807, 2.05) is 6.08 Å². The van der Waals surface area contributed by atoms with Crippen LogP contribution in [0.15, 0.2) is 67.3 Å². The Labute approximate surface area is 202 Å². The molecular formula is C29H25F3O3. The molecular weight excluding hydrogens is 453 g/mol. The summed E-state index contributed by atoms with van der Waals surface area (Å²) in [6.45, 7) is 4.38. The van der Waals surface area contributed by atoms with E-state index in [9.17, 15) is 18.0 Å². The molecule has 1 saturated heterocycles. The normalized spacial score (nSPS) is 21.4. The van der Waals surface area contributed by atoms with Gasteiger partial charge in [-0.2, -0.15) is 0 Å². The van der Waals surface area contributed by atoms with Gasteiger partial charge < -0.3 is 9.47 Å². The Balaban J connectivity index is 1.30. The number of allylic oxidation sites excluding steroid dienone is 1. The molecule has 0 amide bonds. The maximum atomic E-state index is 15.0. The maximum absolute atomic E-state index is 15.0. The molecule has 3 nitrogen and oxygen atoms in total. The van der Waals surface area contributed by atoms with Crippen molar-refractivity contribution >= 4 is 5.97 Å². The second kappa shape index (κ2) is 9.70. The lowest BCUT2D eigenvalue weighted by Crippen LogP contribution is -2.13. The first-order valence-electron chi connectivity index (χ1n) is 11.8. The van der Waals surface area contributed by atoms with Crippen molar-refractivity contribution < 1.29 is 27.4 Å². The Morgan fingerprint density at radius 2 is 1.66 bits per heavy atom. The van der Waals surface area contributed by atoms with E-state index in [4.69, 9.17) is 9.47 Å². The molecule has 1 aliphatic carbocycles. The zero-order valence-electron chi connectivity index (χ0n) is 19.1. The molecule has 3 aromatic carbocycles. The van der Waals surface area contributed by atoms with Crippen LogP contribution >= 0.6 is 0 Å². The second-order valence-corrected chi connectivity index (χ2v) is 9.16. The van der Waals surface area contributed by atoms with Gasteiger partial charge in [-0.3, -0.25) is 0 Å². The summed E-state index contributed by atoms with van der Waals surface area (Å²) >= 11 is 0. The fourth-order valence-corrected chi connectivity index (χ4v) is 4.75. The minimum atomic E-state index is -0.898. The van der Waals surface area contributed by atoms with Crippen LogP contribution in [-0.4, -0.2) is 12.6 Å². The average Bonchev–Trinajstić information content (AvgIpc) is 3.73. The van der Waals surface area contributed by atoms with Crippen molar-refractivity contribution in [2.75, 3.05) is 6.61 Å². The lowest BCUT2D eigenvalue weighted by atomic mass is 9.78. The zero-order chi connectivity index (χ0) is 24.5. The highest BCUT2D eigenvalue weighted by atomic mass is 19.2. The predicted molar refractivity (Wildman–Crippen MR) is 127 cm³/mol. The van der Waals surface area contributed by atoms with Crippen molar-refractivity contribution in [2.24, 2.45) is 5.92 Å². The van der Waals surface area contributed by atoms with Gasteiger partial charge in [0.15, 0.2) is 23.2 Å². The van der Waals surface area contributed by atoms with E-state index in [0.29, 0.717) is 29.2 Å². The van der Waals surface area contributed by atoms with Crippen molar-refractivity contribution in [1.82, 2.24) is 0 Å². The molecule has 0 N–H and O–H groups in total. The smallest absolute Gasteiger partial charge is 0.343 e. The van der Waals surface area contributed by atoms with E-state index in [2.05, 4.69) is 6.58 Å². The standard InChI is InChI=1S/C29H25F3O3/c1-2-17-3-5-18(6-4-17)22-12-13-23(28(32)27(22)31)19-7-9-20(10-8-19)29(33)35-25-14-11-21(15-24(25)30)26-16-34-26/h2,7-15,17-18,26H,1,3-6,16H2. The molecule has 1 atom stereocenters. The quantitative estimate of drug-likeness (QED) is 0.159. The minimum absolute atomic E-state index is 0.00171. The average molecular weight is 479 g/mol. The highest BCUT2D eigenvalue weighted by Gasteiger charge is 2.27. The number of carbonyl (C=O) groups is 1. The summed E-state index contributed by atoms with van der Waals surface area (Å²) in [5, 5.41) is 0. The van der Waals surface area contributed by atoms with Crippen LogP contribution in [0.5, 0.6) is 5.75 Å². The van der Waals surface area contributed by atoms with Crippen LogP contribution in [0, 0.1) is 23.4 Å². The van der Waals surface area contributed by atoms with Crippen molar-refractivity contribution in [3.05, 3.63) is 101 Å². The predicted octanol–water partition coefficient (Wildman–Crippen LogP) is 7.52. The van der Waals surface area contributed by atoms with E-state index in [1.165, 1.54) is 36.4 Å². The molecule has 1 saturated carbocycles. The lowest BCUT2D eigenvalue weighted by molar-refractivity contribution is 0.0728. The van der Waals surface area contributed by atoms with E-state index in [0.717, 1.165) is 25.7 Å². The van der Waals surface area contributed by atoms with Gasteiger partial charge >= 0.3 is 5.97 Å². The fourth-order valence-electron chi connectivity index (χ4n) is 4.75. The van der Waals surface area contributed by atoms with Gasteiger partial charge in [0.2, 0.25) is 0 Å². The summed E-state index contributed by atoms with van der Waals surface area (Å²) in [5.41, 5.74) is 1.82. The first-order chi connectivity index (χ1) is 16.9. The zero-order valence-corrected chi connectivity index (χ0v) is 19.1. The molecule has 2 fully saturated rings. The molecule has 1 aliphatic heterocycles. The van der Waals surface area contributed by atoms with E-state index >= 15 is 0 Å². The van der Waals surface area contributed by atoms with Crippen molar-refractivity contribution in [2.45, 2.75) is 37.7 Å². The number of benzene rings is 3. The van der Waals surface area contributed by atoms with E-state index < -0.39 is 23.4 Å². The van der Waals surface area contributed by atoms with Crippen LogP contribution in [0.3, 0.4) is 0 Å². The molecule has 3 aromatic rings. The highest BCUT2D eigenvalue weighted by Crippen LogP contribution is 2.39. The van der Waals surface area contributed by atoms with Gasteiger partial charge in [-0.15, -0.1) is 6.58 Å². The molecule has 0 radical (unpaired) electrons. The van der Waals surface area contributed by atoms with Crippen LogP contribution < -0.4 is 4.74 Å². The van der Waals surface area contributed by atoms with E-state index in [-0.39, 0.29) is 28.9 Å². The Morgan fingerprint density at radius 1 is 0.943 bits per heavy atom. The van der Waals surface area contributed by atoms with Gasteiger partial charge in [-0.1, -0.05) is 36.4 Å². The summed E-state index contributed by atoms with van der Waals surface area (Å²) < 4.78 is 54.5. The van der Waals surface area contributed by atoms with Crippen LogP contribution in [0.1, 0.15) is 59.2 Å². The third-order valence-electron chi connectivity index (χ3n) is 6.95.